The summed E-state index contributed by atoms with van der Waals surface area (Å²) in [7, 11) is 0. The van der Waals surface area contributed by atoms with Crippen molar-refractivity contribution in [2.24, 2.45) is 0 Å². The number of benzene rings is 2. The molecule has 0 atom stereocenters. The van der Waals surface area contributed by atoms with E-state index in [4.69, 9.17) is 0 Å². The van der Waals surface area contributed by atoms with Gasteiger partial charge in [-0.1, -0.05) is 31.4 Å². The molecule has 5 nitrogen and oxygen atoms in total. The second-order valence-electron chi connectivity index (χ2n) is 7.34. The van der Waals surface area contributed by atoms with Gasteiger partial charge in [0.2, 0.25) is 11.8 Å². The molecule has 0 unspecified atom stereocenters. The van der Waals surface area contributed by atoms with E-state index in [0.717, 1.165) is 45.7 Å². The number of fused-ring (bicyclic) bond motifs is 1. The summed E-state index contributed by atoms with van der Waals surface area (Å²) >= 11 is 1.65. The predicted molar refractivity (Wildman–Crippen MR) is 113 cm³/mol. The third kappa shape index (κ3) is 3.78. The van der Waals surface area contributed by atoms with E-state index in [1.54, 1.807) is 11.3 Å². The highest BCUT2D eigenvalue weighted by Crippen LogP contribution is 2.32. The zero-order valence-corrected chi connectivity index (χ0v) is 16.6. The van der Waals surface area contributed by atoms with E-state index < -0.39 is 5.54 Å². The standard InChI is InChI=1S/C22H23N3O2S/c1-15(26)25-22(13-5-2-6-14-22)21(27)23-17-11-9-16(10-12-17)20-24-18-7-3-4-8-19(18)28-20/h3-4,7-12H,2,5-6,13-14H2,1H3,(H,23,27)(H,25,26). The third-order valence-electron chi connectivity index (χ3n) is 5.24. The van der Waals surface area contributed by atoms with Crippen molar-refractivity contribution in [3.8, 4) is 10.6 Å². The molecule has 2 aromatic carbocycles. The Morgan fingerprint density at radius 3 is 2.39 bits per heavy atom. The van der Waals surface area contributed by atoms with Crippen molar-refractivity contribution >= 4 is 39.1 Å². The SMILES string of the molecule is CC(=O)NC1(C(=O)Nc2ccc(-c3nc4ccccc4s3)cc2)CCCCC1. The number of amides is 2. The summed E-state index contributed by atoms with van der Waals surface area (Å²) in [6, 6.07) is 15.8. The maximum absolute atomic E-state index is 13.0. The molecule has 1 aromatic heterocycles. The van der Waals surface area contributed by atoms with Gasteiger partial charge in [-0.15, -0.1) is 11.3 Å². The van der Waals surface area contributed by atoms with Crippen molar-refractivity contribution in [2.45, 2.75) is 44.6 Å². The number of nitrogens with zero attached hydrogens (tertiary/aromatic N) is 1. The highest BCUT2D eigenvalue weighted by Gasteiger charge is 2.40. The van der Waals surface area contributed by atoms with Crippen molar-refractivity contribution in [2.75, 3.05) is 5.32 Å². The molecule has 4 rings (SSSR count). The molecule has 1 fully saturated rings. The summed E-state index contributed by atoms with van der Waals surface area (Å²) in [6.45, 7) is 1.47. The number of aromatic nitrogens is 1. The van der Waals surface area contributed by atoms with E-state index in [0.29, 0.717) is 12.8 Å². The third-order valence-corrected chi connectivity index (χ3v) is 6.33. The van der Waals surface area contributed by atoms with Crippen LogP contribution in [-0.2, 0) is 9.59 Å². The lowest BCUT2D eigenvalue weighted by molar-refractivity contribution is -0.130. The van der Waals surface area contributed by atoms with Gasteiger partial charge < -0.3 is 10.6 Å². The lowest BCUT2D eigenvalue weighted by Crippen LogP contribution is -2.57. The number of hydrogen-bond donors (Lipinski definition) is 2. The smallest absolute Gasteiger partial charge is 0.250 e. The highest BCUT2D eigenvalue weighted by atomic mass is 32.1. The molecular weight excluding hydrogens is 370 g/mol. The average molecular weight is 394 g/mol. The van der Waals surface area contributed by atoms with Crippen LogP contribution >= 0.6 is 11.3 Å². The van der Waals surface area contributed by atoms with Gasteiger partial charge in [0, 0.05) is 18.2 Å². The Labute approximate surface area is 168 Å². The van der Waals surface area contributed by atoms with E-state index in [2.05, 4.69) is 21.7 Å². The van der Waals surface area contributed by atoms with E-state index in [-0.39, 0.29) is 11.8 Å². The molecule has 28 heavy (non-hydrogen) atoms. The molecule has 2 amide bonds. The summed E-state index contributed by atoms with van der Waals surface area (Å²) in [5.74, 6) is -0.293. The average Bonchev–Trinajstić information content (AvgIpc) is 3.13. The van der Waals surface area contributed by atoms with Gasteiger partial charge in [0.1, 0.15) is 10.5 Å². The van der Waals surface area contributed by atoms with Gasteiger partial charge in [-0.25, -0.2) is 4.98 Å². The molecule has 0 radical (unpaired) electrons. The van der Waals surface area contributed by atoms with Crippen molar-refractivity contribution in [1.82, 2.24) is 10.3 Å². The van der Waals surface area contributed by atoms with Crippen LogP contribution in [0.1, 0.15) is 39.0 Å². The maximum atomic E-state index is 13.0. The lowest BCUT2D eigenvalue weighted by Gasteiger charge is -2.36. The molecule has 144 valence electrons. The van der Waals surface area contributed by atoms with E-state index in [1.807, 2.05) is 42.5 Å². The first-order valence-corrected chi connectivity index (χ1v) is 10.4. The minimum atomic E-state index is -0.796. The Morgan fingerprint density at radius 2 is 1.71 bits per heavy atom. The first kappa shape index (κ1) is 18.6. The summed E-state index contributed by atoms with van der Waals surface area (Å²) in [5, 5.41) is 6.86. The fourth-order valence-corrected chi connectivity index (χ4v) is 4.81. The number of carbonyl (C=O) groups is 2. The van der Waals surface area contributed by atoms with Crippen LogP contribution in [0.15, 0.2) is 48.5 Å². The van der Waals surface area contributed by atoms with E-state index in [9.17, 15) is 9.59 Å². The summed E-state index contributed by atoms with van der Waals surface area (Å²) in [4.78, 5) is 29.3. The molecule has 1 saturated carbocycles. The molecule has 6 heteroatoms. The normalized spacial score (nSPS) is 15.9. The number of nitrogens with one attached hydrogen (secondary N) is 2. The molecule has 1 aliphatic rings. The predicted octanol–water partition coefficient (Wildman–Crippen LogP) is 4.74. The number of hydrogen-bond acceptors (Lipinski definition) is 4. The van der Waals surface area contributed by atoms with Gasteiger partial charge in [-0.3, -0.25) is 9.59 Å². The monoisotopic (exact) mass is 393 g/mol. The molecule has 2 N–H and O–H groups in total. The Morgan fingerprint density at radius 1 is 1.00 bits per heavy atom. The zero-order chi connectivity index (χ0) is 19.6. The fourth-order valence-electron chi connectivity index (χ4n) is 3.84. The van der Waals surface area contributed by atoms with Crippen LogP contribution in [0.5, 0.6) is 0 Å². The second kappa shape index (κ2) is 7.72. The Balaban J connectivity index is 1.51. The molecule has 1 aliphatic carbocycles. The van der Waals surface area contributed by atoms with Gasteiger partial charge in [-0.05, 0) is 49.2 Å². The van der Waals surface area contributed by atoms with Crippen LogP contribution < -0.4 is 10.6 Å². The largest absolute Gasteiger partial charge is 0.342 e. The van der Waals surface area contributed by atoms with Gasteiger partial charge in [-0.2, -0.15) is 0 Å². The minimum absolute atomic E-state index is 0.130. The van der Waals surface area contributed by atoms with Crippen molar-refractivity contribution in [3.63, 3.8) is 0 Å². The van der Waals surface area contributed by atoms with Gasteiger partial charge >= 0.3 is 0 Å². The molecule has 0 saturated heterocycles. The molecule has 0 bridgehead atoms. The van der Waals surface area contributed by atoms with Crippen LogP contribution in [-0.4, -0.2) is 22.3 Å². The number of para-hydroxylation sites is 1. The quantitative estimate of drug-likeness (QED) is 0.672. The Kier molecular flexibility index (Phi) is 5.13. The van der Waals surface area contributed by atoms with Gasteiger partial charge in [0.05, 0.1) is 10.2 Å². The molecule has 1 heterocycles. The fraction of sp³-hybridized carbons (Fsp3) is 0.318. The minimum Gasteiger partial charge on any atom is -0.342 e. The van der Waals surface area contributed by atoms with Crippen LogP contribution in [0.2, 0.25) is 0 Å². The van der Waals surface area contributed by atoms with Crippen LogP contribution in [0.25, 0.3) is 20.8 Å². The highest BCUT2D eigenvalue weighted by molar-refractivity contribution is 7.21. The van der Waals surface area contributed by atoms with Crippen molar-refractivity contribution in [1.29, 1.82) is 0 Å². The Hall–Kier alpha value is -2.73. The van der Waals surface area contributed by atoms with Gasteiger partial charge in [0.25, 0.3) is 0 Å². The zero-order valence-electron chi connectivity index (χ0n) is 15.8. The first-order chi connectivity index (χ1) is 13.6. The number of carbonyl (C=O) groups excluding carboxylic acids is 2. The van der Waals surface area contributed by atoms with Crippen LogP contribution in [0, 0.1) is 0 Å². The summed E-state index contributed by atoms with van der Waals surface area (Å²) in [6.07, 6.45) is 4.37. The number of anilines is 1. The van der Waals surface area contributed by atoms with E-state index >= 15 is 0 Å². The van der Waals surface area contributed by atoms with E-state index in [1.165, 1.54) is 6.92 Å². The molecular formula is C22H23N3O2S. The first-order valence-electron chi connectivity index (χ1n) is 9.62. The summed E-state index contributed by atoms with van der Waals surface area (Å²) in [5.41, 5.74) is 1.95. The summed E-state index contributed by atoms with van der Waals surface area (Å²) < 4.78 is 1.16. The maximum Gasteiger partial charge on any atom is 0.250 e. The molecule has 3 aromatic rings. The van der Waals surface area contributed by atoms with Crippen molar-refractivity contribution in [3.05, 3.63) is 48.5 Å². The topological polar surface area (TPSA) is 71.1 Å². The molecule has 0 spiro atoms. The number of rotatable bonds is 4. The van der Waals surface area contributed by atoms with Crippen molar-refractivity contribution < 1.29 is 9.59 Å². The van der Waals surface area contributed by atoms with Gasteiger partial charge in [0.15, 0.2) is 0 Å². The molecule has 0 aliphatic heterocycles. The Bertz CT molecular complexity index is 971. The lowest BCUT2D eigenvalue weighted by atomic mass is 9.80. The number of thiazole rings is 1. The van der Waals surface area contributed by atoms with Crippen LogP contribution in [0.4, 0.5) is 5.69 Å². The second-order valence-corrected chi connectivity index (χ2v) is 8.37. The van der Waals surface area contributed by atoms with Crippen LogP contribution in [0.3, 0.4) is 0 Å².